The monoisotopic (exact) mass is 650 g/mol. The van der Waals surface area contributed by atoms with E-state index in [0.717, 1.165) is 10.1 Å². The molecule has 0 saturated carbocycles. The highest BCUT2D eigenvalue weighted by atomic mass is 127. The summed E-state index contributed by atoms with van der Waals surface area (Å²) in [4.78, 5) is 38.4. The normalized spacial score (nSPS) is 12.6. The Bertz CT molecular complexity index is 1840. The van der Waals surface area contributed by atoms with Gasteiger partial charge in [0.1, 0.15) is 5.69 Å². The predicted octanol–water partition coefficient (Wildman–Crippen LogP) is 6.05. The molecule has 1 aliphatic heterocycles. The molecule has 0 amide bonds. The summed E-state index contributed by atoms with van der Waals surface area (Å²) in [5.74, 6) is -1.98. The van der Waals surface area contributed by atoms with Crippen molar-refractivity contribution in [1.29, 1.82) is 0 Å². The number of rotatable bonds is 6. The molecule has 4 heterocycles. The van der Waals surface area contributed by atoms with E-state index in [9.17, 15) is 14.7 Å². The van der Waals surface area contributed by atoms with Crippen LogP contribution >= 0.6 is 22.6 Å². The maximum absolute atomic E-state index is 15.4. The van der Waals surface area contributed by atoms with Crippen molar-refractivity contribution in [1.82, 2.24) is 19.5 Å². The molecule has 200 valence electrons. The number of carbonyl (C=O) groups excluding carboxylic acids is 1. The van der Waals surface area contributed by atoms with E-state index in [4.69, 9.17) is 9.47 Å². The Hall–Kier alpha value is -4.39. The first-order valence-corrected chi connectivity index (χ1v) is 13.4. The summed E-state index contributed by atoms with van der Waals surface area (Å²) in [5.41, 5.74) is 2.34. The second-order valence-corrected chi connectivity index (χ2v) is 10.1. The summed E-state index contributed by atoms with van der Waals surface area (Å²) in [5, 5.41) is 10.2. The fourth-order valence-electron chi connectivity index (χ4n) is 4.79. The lowest BCUT2D eigenvalue weighted by Gasteiger charge is -2.11. The van der Waals surface area contributed by atoms with Gasteiger partial charge in [0.15, 0.2) is 17.3 Å². The number of carboxylic acid groups (broad SMARTS) is 1. The lowest BCUT2D eigenvalue weighted by Crippen LogP contribution is -2.11. The van der Waals surface area contributed by atoms with Crippen LogP contribution < -0.4 is 9.47 Å². The van der Waals surface area contributed by atoms with Crippen molar-refractivity contribution in [2.75, 3.05) is 6.61 Å². The van der Waals surface area contributed by atoms with E-state index in [0.29, 0.717) is 46.6 Å². The largest absolute Gasteiger partial charge is 0.490 e. The third-order valence-corrected chi connectivity index (χ3v) is 7.70. The Balaban J connectivity index is 1.55. The number of carboxylic acids is 1. The first kappa shape index (κ1) is 25.9. The Labute approximate surface area is 240 Å². The average molecular weight is 650 g/mol. The number of halogens is 2. The number of aryl methyl sites for hydroxylation is 2. The quantitative estimate of drug-likeness (QED) is 0.175. The summed E-state index contributed by atoms with van der Waals surface area (Å²) in [6.07, 6.45) is 3.73. The van der Waals surface area contributed by atoms with Gasteiger partial charge in [0.05, 0.1) is 27.6 Å². The van der Waals surface area contributed by atoms with Crippen molar-refractivity contribution in [2.45, 2.75) is 19.9 Å². The zero-order valence-corrected chi connectivity index (χ0v) is 23.2. The van der Waals surface area contributed by atoms with Crippen LogP contribution in [0.3, 0.4) is 0 Å². The topological polar surface area (TPSA) is 116 Å². The highest BCUT2D eigenvalue weighted by molar-refractivity contribution is 14.1. The van der Waals surface area contributed by atoms with Crippen LogP contribution in [0.1, 0.15) is 38.5 Å². The Morgan fingerprint density at radius 1 is 1.12 bits per heavy atom. The van der Waals surface area contributed by atoms with Crippen LogP contribution in [-0.4, -0.2) is 43.0 Å². The second kappa shape index (κ2) is 10.3. The summed E-state index contributed by atoms with van der Waals surface area (Å²) in [6, 6.07) is 12.2. The van der Waals surface area contributed by atoms with E-state index in [1.165, 1.54) is 36.7 Å². The maximum Gasteiger partial charge on any atom is 0.336 e. The smallest absolute Gasteiger partial charge is 0.336 e. The van der Waals surface area contributed by atoms with E-state index in [2.05, 4.69) is 37.5 Å². The molecule has 2 aromatic carbocycles. The molecule has 11 heteroatoms. The lowest BCUT2D eigenvalue weighted by atomic mass is 9.96. The summed E-state index contributed by atoms with van der Waals surface area (Å²) < 4.78 is 29.7. The van der Waals surface area contributed by atoms with Crippen LogP contribution in [0.5, 0.6) is 17.5 Å². The fraction of sp³-hybridized carbons (Fsp3) is 0.138. The highest BCUT2D eigenvalue weighted by Gasteiger charge is 2.30. The summed E-state index contributed by atoms with van der Waals surface area (Å²) >= 11 is 2.18. The molecular formula is C29H20FIN4O5. The van der Waals surface area contributed by atoms with Crippen molar-refractivity contribution in [3.63, 3.8) is 0 Å². The van der Waals surface area contributed by atoms with Crippen molar-refractivity contribution in [3.8, 4) is 28.6 Å². The van der Waals surface area contributed by atoms with Crippen LogP contribution in [0, 0.1) is 16.4 Å². The molecule has 0 spiro atoms. The number of aromatic nitrogens is 4. The SMILES string of the molecule is Cc1ccnc(Oc2ccc(-c3c(I)n4c5c(cnc(C(=O)c6ccccc6C(=O)O)c35)OCCC4)cc2F)n1. The molecular weight excluding hydrogens is 630 g/mol. The number of aromatic carboxylic acids is 1. The van der Waals surface area contributed by atoms with E-state index in [1.54, 1.807) is 31.2 Å². The van der Waals surface area contributed by atoms with Gasteiger partial charge < -0.3 is 19.1 Å². The summed E-state index contributed by atoms with van der Waals surface area (Å²) in [7, 11) is 0. The zero-order chi connectivity index (χ0) is 28.0. The maximum atomic E-state index is 15.4. The molecule has 6 rings (SSSR count). The van der Waals surface area contributed by atoms with Gasteiger partial charge in [0.25, 0.3) is 0 Å². The van der Waals surface area contributed by atoms with Crippen molar-refractivity contribution in [3.05, 3.63) is 93.0 Å². The lowest BCUT2D eigenvalue weighted by molar-refractivity contribution is 0.0692. The van der Waals surface area contributed by atoms with Gasteiger partial charge in [0, 0.05) is 34.9 Å². The van der Waals surface area contributed by atoms with Gasteiger partial charge >= 0.3 is 12.0 Å². The second-order valence-electron chi connectivity index (χ2n) is 9.12. The molecule has 0 bridgehead atoms. The average Bonchev–Trinajstić information content (AvgIpc) is 3.08. The minimum atomic E-state index is -1.22. The number of carbonyl (C=O) groups is 2. The number of benzene rings is 2. The van der Waals surface area contributed by atoms with Gasteiger partial charge in [-0.25, -0.2) is 24.1 Å². The molecule has 1 N–H and O–H groups in total. The zero-order valence-electron chi connectivity index (χ0n) is 21.0. The molecule has 3 aromatic heterocycles. The highest BCUT2D eigenvalue weighted by Crippen LogP contribution is 2.43. The number of ether oxygens (including phenoxy) is 2. The van der Waals surface area contributed by atoms with Gasteiger partial charge in [-0.1, -0.05) is 24.3 Å². The standard InChI is InChI=1S/C29H20FIN4O5/c1-15-9-10-32-29(34-15)40-20-8-7-16(13-19(20)30)22-23-24(26(36)17-5-2-3-6-18(17)28(37)38)33-14-21-25(23)35(27(22)31)11-4-12-39-21/h2-3,5-10,13-14H,4,11-12H2,1H3,(H,37,38). The van der Waals surface area contributed by atoms with E-state index < -0.39 is 17.6 Å². The van der Waals surface area contributed by atoms with Gasteiger partial charge in [-0.3, -0.25) is 4.79 Å². The fourth-order valence-corrected chi connectivity index (χ4v) is 5.85. The molecule has 0 fully saturated rings. The minimum absolute atomic E-state index is 0.00846. The van der Waals surface area contributed by atoms with Crippen LogP contribution in [0.2, 0.25) is 0 Å². The molecule has 0 atom stereocenters. The Kier molecular flexibility index (Phi) is 6.66. The van der Waals surface area contributed by atoms with E-state index >= 15 is 4.39 Å². The Morgan fingerprint density at radius 2 is 1.93 bits per heavy atom. The van der Waals surface area contributed by atoms with Crippen LogP contribution in [0.4, 0.5) is 4.39 Å². The van der Waals surface area contributed by atoms with Crippen molar-refractivity contribution < 1.29 is 28.6 Å². The predicted molar refractivity (Wildman–Crippen MR) is 152 cm³/mol. The minimum Gasteiger partial charge on any atom is -0.490 e. The third kappa shape index (κ3) is 4.45. The molecule has 0 aliphatic carbocycles. The molecule has 40 heavy (non-hydrogen) atoms. The third-order valence-electron chi connectivity index (χ3n) is 6.58. The van der Waals surface area contributed by atoms with Gasteiger partial charge in [-0.2, -0.15) is 0 Å². The molecule has 0 saturated heterocycles. The molecule has 0 unspecified atom stereocenters. The Morgan fingerprint density at radius 3 is 2.67 bits per heavy atom. The van der Waals surface area contributed by atoms with Crippen LogP contribution in [0.15, 0.2) is 60.9 Å². The number of hydrogen-bond acceptors (Lipinski definition) is 7. The van der Waals surface area contributed by atoms with Crippen molar-refractivity contribution >= 4 is 45.2 Å². The molecule has 9 nitrogen and oxygen atoms in total. The summed E-state index contributed by atoms with van der Waals surface area (Å²) in [6.45, 7) is 2.86. The number of nitrogens with zero attached hydrogens (tertiary/aromatic N) is 4. The molecule has 0 radical (unpaired) electrons. The molecule has 5 aromatic rings. The van der Waals surface area contributed by atoms with Gasteiger partial charge in [0.2, 0.25) is 5.78 Å². The van der Waals surface area contributed by atoms with Crippen molar-refractivity contribution in [2.24, 2.45) is 0 Å². The molecule has 1 aliphatic rings. The first-order chi connectivity index (χ1) is 19.3. The first-order valence-electron chi connectivity index (χ1n) is 12.3. The van der Waals surface area contributed by atoms with Crippen LogP contribution in [-0.2, 0) is 6.54 Å². The van der Waals surface area contributed by atoms with E-state index in [-0.39, 0.29) is 28.6 Å². The van der Waals surface area contributed by atoms with E-state index in [1.807, 2.05) is 4.57 Å². The number of hydrogen-bond donors (Lipinski definition) is 1. The van der Waals surface area contributed by atoms with Crippen LogP contribution in [0.25, 0.3) is 22.0 Å². The number of pyridine rings is 1. The number of ketones is 1. The van der Waals surface area contributed by atoms with Gasteiger partial charge in [-0.05, 0) is 65.8 Å². The van der Waals surface area contributed by atoms with Gasteiger partial charge in [-0.15, -0.1) is 0 Å².